The molecule has 1 unspecified atom stereocenters. The number of nitrogens with zero attached hydrogens (tertiary/aromatic N) is 2. The summed E-state index contributed by atoms with van der Waals surface area (Å²) in [6.45, 7) is 4.70. The van der Waals surface area contributed by atoms with Crippen LogP contribution in [0.2, 0.25) is 0 Å². The summed E-state index contributed by atoms with van der Waals surface area (Å²) in [7, 11) is 1.35. The van der Waals surface area contributed by atoms with Crippen LogP contribution in [0.5, 0.6) is 0 Å². The molecule has 1 saturated heterocycles. The summed E-state index contributed by atoms with van der Waals surface area (Å²) in [5, 5.41) is 0. The first kappa shape index (κ1) is 14.3. The molecule has 0 aromatic rings. The topological polar surface area (TPSA) is 59.1 Å². The number of morpholine rings is 1. The molecule has 2 rings (SSSR count). The maximum absolute atomic E-state index is 12.2. The van der Waals surface area contributed by atoms with Crippen LogP contribution < -0.4 is 0 Å². The molecule has 2 aliphatic rings. The number of likely N-dealkylation sites (N-methyl/N-ethyl adjacent to an activating group) is 1. The van der Waals surface area contributed by atoms with Crippen molar-refractivity contribution in [1.29, 1.82) is 0 Å². The molecule has 0 aromatic carbocycles. The van der Waals surface area contributed by atoms with Gasteiger partial charge in [0.2, 0.25) is 5.91 Å². The number of hydrogen-bond acceptors (Lipinski definition) is 5. The van der Waals surface area contributed by atoms with Gasteiger partial charge in [0.1, 0.15) is 0 Å². The first-order valence-electron chi connectivity index (χ1n) is 6.87. The quantitative estimate of drug-likeness (QED) is 0.651. The molecule has 0 radical (unpaired) electrons. The maximum Gasteiger partial charge on any atom is 0.336 e. The number of amides is 1. The van der Waals surface area contributed by atoms with Crippen molar-refractivity contribution in [2.45, 2.75) is 31.9 Å². The monoisotopic (exact) mass is 270 g/mol. The SMILES string of the molecule is CCN(C(=O)CN1CCOC(C(=O)OC)C1)C1CC1. The maximum atomic E-state index is 12.2. The van der Waals surface area contributed by atoms with Crippen LogP contribution >= 0.6 is 0 Å². The average Bonchev–Trinajstić information content (AvgIpc) is 3.23. The first-order chi connectivity index (χ1) is 9.15. The molecule has 6 nitrogen and oxygen atoms in total. The van der Waals surface area contributed by atoms with E-state index in [-0.39, 0.29) is 11.9 Å². The van der Waals surface area contributed by atoms with E-state index in [9.17, 15) is 9.59 Å². The third-order valence-corrected chi connectivity index (χ3v) is 3.62. The van der Waals surface area contributed by atoms with Crippen LogP contribution in [-0.2, 0) is 19.1 Å². The fraction of sp³-hybridized carbons (Fsp3) is 0.846. The molecule has 1 aliphatic carbocycles. The zero-order chi connectivity index (χ0) is 13.8. The normalized spacial score (nSPS) is 24.0. The van der Waals surface area contributed by atoms with Crippen molar-refractivity contribution in [3.05, 3.63) is 0 Å². The van der Waals surface area contributed by atoms with Crippen LogP contribution in [0.1, 0.15) is 19.8 Å². The largest absolute Gasteiger partial charge is 0.467 e. The molecule has 1 saturated carbocycles. The van der Waals surface area contributed by atoms with E-state index >= 15 is 0 Å². The molecular formula is C13H22N2O4. The second-order valence-electron chi connectivity index (χ2n) is 5.03. The average molecular weight is 270 g/mol. The smallest absolute Gasteiger partial charge is 0.336 e. The van der Waals surface area contributed by atoms with E-state index in [2.05, 4.69) is 4.74 Å². The second kappa shape index (κ2) is 6.34. The van der Waals surface area contributed by atoms with Crippen molar-refractivity contribution < 1.29 is 19.1 Å². The van der Waals surface area contributed by atoms with Crippen LogP contribution in [0.15, 0.2) is 0 Å². The van der Waals surface area contributed by atoms with Gasteiger partial charge in [-0.05, 0) is 19.8 Å². The molecule has 1 aliphatic heterocycles. The number of ether oxygens (including phenoxy) is 2. The van der Waals surface area contributed by atoms with Crippen molar-refractivity contribution in [3.8, 4) is 0 Å². The van der Waals surface area contributed by atoms with E-state index in [1.54, 1.807) is 0 Å². The van der Waals surface area contributed by atoms with Crippen LogP contribution in [0.4, 0.5) is 0 Å². The fourth-order valence-corrected chi connectivity index (χ4v) is 2.43. The molecular weight excluding hydrogens is 248 g/mol. The molecule has 0 bridgehead atoms. The van der Waals surface area contributed by atoms with Gasteiger partial charge in [0, 0.05) is 25.7 Å². The van der Waals surface area contributed by atoms with Gasteiger partial charge in [-0.2, -0.15) is 0 Å². The lowest BCUT2D eigenvalue weighted by molar-refractivity contribution is -0.161. The van der Waals surface area contributed by atoms with Gasteiger partial charge < -0.3 is 14.4 Å². The number of carbonyl (C=O) groups excluding carboxylic acids is 2. The summed E-state index contributed by atoms with van der Waals surface area (Å²) in [6.07, 6.45) is 1.67. The molecule has 0 spiro atoms. The van der Waals surface area contributed by atoms with Gasteiger partial charge in [0.05, 0.1) is 20.3 Å². The van der Waals surface area contributed by atoms with Crippen molar-refractivity contribution in [2.75, 3.05) is 39.9 Å². The summed E-state index contributed by atoms with van der Waals surface area (Å²) in [6, 6.07) is 0.440. The Morgan fingerprint density at radius 1 is 1.42 bits per heavy atom. The Balaban J connectivity index is 1.84. The van der Waals surface area contributed by atoms with Crippen LogP contribution in [-0.4, -0.2) is 73.7 Å². The lowest BCUT2D eigenvalue weighted by atomic mass is 10.2. The minimum absolute atomic E-state index is 0.149. The highest BCUT2D eigenvalue weighted by Crippen LogP contribution is 2.26. The Morgan fingerprint density at radius 2 is 2.16 bits per heavy atom. The Kier molecular flexibility index (Phi) is 4.76. The summed E-state index contributed by atoms with van der Waals surface area (Å²) < 4.78 is 10.0. The number of rotatable bonds is 5. The summed E-state index contributed by atoms with van der Waals surface area (Å²) in [5.74, 6) is -0.220. The van der Waals surface area contributed by atoms with Crippen molar-refractivity contribution in [3.63, 3.8) is 0 Å². The van der Waals surface area contributed by atoms with Crippen LogP contribution in [0.25, 0.3) is 0 Å². The molecule has 0 N–H and O–H groups in total. The molecule has 6 heteroatoms. The summed E-state index contributed by atoms with van der Waals surface area (Å²) in [5.41, 5.74) is 0. The predicted octanol–water partition coefficient (Wildman–Crippen LogP) is -0.129. The number of hydrogen-bond donors (Lipinski definition) is 0. The minimum atomic E-state index is -0.567. The minimum Gasteiger partial charge on any atom is -0.467 e. The van der Waals surface area contributed by atoms with E-state index in [4.69, 9.17) is 4.74 Å². The third-order valence-electron chi connectivity index (χ3n) is 3.62. The number of esters is 1. The lowest BCUT2D eigenvalue weighted by Crippen LogP contribution is -2.50. The van der Waals surface area contributed by atoms with Crippen LogP contribution in [0.3, 0.4) is 0 Å². The third kappa shape index (κ3) is 3.67. The molecule has 1 atom stereocenters. The summed E-state index contributed by atoms with van der Waals surface area (Å²) in [4.78, 5) is 27.5. The molecule has 108 valence electrons. The molecule has 0 aromatic heterocycles. The van der Waals surface area contributed by atoms with Gasteiger partial charge in [-0.25, -0.2) is 4.79 Å². The molecule has 1 heterocycles. The van der Waals surface area contributed by atoms with Crippen molar-refractivity contribution in [1.82, 2.24) is 9.80 Å². The fourth-order valence-electron chi connectivity index (χ4n) is 2.43. The Bertz CT molecular complexity index is 344. The first-order valence-corrected chi connectivity index (χ1v) is 6.87. The Morgan fingerprint density at radius 3 is 2.74 bits per heavy atom. The molecule has 19 heavy (non-hydrogen) atoms. The zero-order valence-electron chi connectivity index (χ0n) is 11.6. The zero-order valence-corrected chi connectivity index (χ0v) is 11.6. The Labute approximate surface area is 113 Å². The molecule has 1 amide bonds. The highest BCUT2D eigenvalue weighted by molar-refractivity contribution is 5.79. The Hall–Kier alpha value is -1.14. The standard InChI is InChI=1S/C13H22N2O4/c1-3-15(10-4-5-10)12(16)9-14-6-7-19-11(8-14)13(17)18-2/h10-11H,3-9H2,1-2H3. The van der Waals surface area contributed by atoms with Gasteiger partial charge in [-0.3, -0.25) is 9.69 Å². The van der Waals surface area contributed by atoms with E-state index < -0.39 is 6.10 Å². The highest BCUT2D eigenvalue weighted by atomic mass is 16.6. The molecule has 2 fully saturated rings. The van der Waals surface area contributed by atoms with E-state index in [1.165, 1.54) is 7.11 Å². The van der Waals surface area contributed by atoms with Gasteiger partial charge in [0.25, 0.3) is 0 Å². The van der Waals surface area contributed by atoms with Gasteiger partial charge in [-0.1, -0.05) is 0 Å². The van der Waals surface area contributed by atoms with Gasteiger partial charge in [0.15, 0.2) is 6.10 Å². The van der Waals surface area contributed by atoms with E-state index in [0.717, 1.165) is 19.4 Å². The second-order valence-corrected chi connectivity index (χ2v) is 5.03. The van der Waals surface area contributed by atoms with Gasteiger partial charge in [-0.15, -0.1) is 0 Å². The van der Waals surface area contributed by atoms with E-state index in [1.807, 2.05) is 16.7 Å². The van der Waals surface area contributed by atoms with Crippen molar-refractivity contribution in [2.24, 2.45) is 0 Å². The number of carbonyl (C=O) groups is 2. The lowest BCUT2D eigenvalue weighted by Gasteiger charge is -2.32. The van der Waals surface area contributed by atoms with Crippen molar-refractivity contribution >= 4 is 11.9 Å². The van der Waals surface area contributed by atoms with Gasteiger partial charge >= 0.3 is 5.97 Å². The number of methoxy groups -OCH3 is 1. The summed E-state index contributed by atoms with van der Waals surface area (Å²) >= 11 is 0. The predicted molar refractivity (Wildman–Crippen MR) is 68.6 cm³/mol. The highest BCUT2D eigenvalue weighted by Gasteiger charge is 2.33. The van der Waals surface area contributed by atoms with E-state index in [0.29, 0.717) is 32.3 Å². The van der Waals surface area contributed by atoms with Crippen LogP contribution in [0, 0.1) is 0 Å².